The molecule has 0 aromatic heterocycles. The van der Waals surface area contributed by atoms with Gasteiger partial charge >= 0.3 is 0 Å². The van der Waals surface area contributed by atoms with E-state index in [-0.39, 0.29) is 11.8 Å². The Balaban J connectivity index is 1.67. The fourth-order valence-corrected chi connectivity index (χ4v) is 2.86. The predicted octanol–water partition coefficient (Wildman–Crippen LogP) is 5.63. The minimum absolute atomic E-state index is 0.256. The lowest BCUT2D eigenvalue weighted by atomic mass is 10.2. The van der Waals surface area contributed by atoms with Crippen molar-refractivity contribution in [1.29, 1.82) is 0 Å². The highest BCUT2D eigenvalue weighted by Crippen LogP contribution is 2.26. The Morgan fingerprint density at radius 3 is 2.31 bits per heavy atom. The monoisotopic (exact) mass is 408 g/mol. The summed E-state index contributed by atoms with van der Waals surface area (Å²) in [7, 11) is 0. The van der Waals surface area contributed by atoms with Crippen molar-refractivity contribution < 1.29 is 14.3 Å². The topological polar surface area (TPSA) is 67.4 Å². The van der Waals surface area contributed by atoms with Gasteiger partial charge < -0.3 is 15.4 Å². The molecule has 0 heterocycles. The summed E-state index contributed by atoms with van der Waals surface area (Å²) in [5.41, 5.74) is 2.01. The Bertz CT molecular complexity index is 1010. The van der Waals surface area contributed by atoms with Gasteiger partial charge in [0.2, 0.25) is 0 Å². The number of halogens is 1. The van der Waals surface area contributed by atoms with Crippen LogP contribution in [0.25, 0.3) is 0 Å². The van der Waals surface area contributed by atoms with Crippen LogP contribution >= 0.6 is 11.6 Å². The molecule has 0 aliphatic heterocycles. The number of anilines is 2. The first-order valence-corrected chi connectivity index (χ1v) is 9.65. The van der Waals surface area contributed by atoms with Gasteiger partial charge in [-0.15, -0.1) is 0 Å². The van der Waals surface area contributed by atoms with Crippen molar-refractivity contribution in [3.8, 4) is 5.75 Å². The van der Waals surface area contributed by atoms with E-state index in [1.165, 1.54) is 0 Å². The summed E-state index contributed by atoms with van der Waals surface area (Å²) in [6.45, 7) is 2.61. The lowest BCUT2D eigenvalue weighted by Crippen LogP contribution is -2.13. The van der Waals surface area contributed by atoms with Gasteiger partial charge in [0.05, 0.1) is 17.3 Å². The summed E-state index contributed by atoms with van der Waals surface area (Å²) in [6, 6.07) is 20.8. The summed E-state index contributed by atoms with van der Waals surface area (Å²) >= 11 is 6.29. The molecule has 0 spiro atoms. The first-order chi connectivity index (χ1) is 14.1. The van der Waals surface area contributed by atoms with E-state index in [0.29, 0.717) is 39.9 Å². The molecule has 2 amide bonds. The maximum Gasteiger partial charge on any atom is 0.255 e. The number of rotatable bonds is 7. The zero-order valence-electron chi connectivity index (χ0n) is 15.9. The summed E-state index contributed by atoms with van der Waals surface area (Å²) in [5, 5.41) is 5.89. The van der Waals surface area contributed by atoms with Crippen molar-refractivity contribution in [3.63, 3.8) is 0 Å². The van der Waals surface area contributed by atoms with Gasteiger partial charge in [-0.1, -0.05) is 42.8 Å². The van der Waals surface area contributed by atoms with Gasteiger partial charge in [-0.3, -0.25) is 9.59 Å². The highest BCUT2D eigenvalue weighted by Gasteiger charge is 2.11. The number of nitrogens with one attached hydrogen (secondary N) is 2. The smallest absolute Gasteiger partial charge is 0.255 e. The van der Waals surface area contributed by atoms with Crippen molar-refractivity contribution in [2.24, 2.45) is 0 Å². The molecule has 0 aliphatic rings. The number of hydrogen-bond donors (Lipinski definition) is 2. The summed E-state index contributed by atoms with van der Waals surface area (Å²) < 4.78 is 5.56. The number of carbonyl (C=O) groups excluding carboxylic acids is 2. The molecular formula is C23H21ClN2O3. The molecule has 3 aromatic rings. The number of ether oxygens (including phenoxy) is 1. The minimum Gasteiger partial charge on any atom is -0.494 e. The highest BCUT2D eigenvalue weighted by molar-refractivity contribution is 6.34. The molecule has 0 aliphatic carbocycles. The van der Waals surface area contributed by atoms with E-state index in [9.17, 15) is 9.59 Å². The van der Waals surface area contributed by atoms with Crippen LogP contribution in [-0.2, 0) is 0 Å². The Labute approximate surface area is 174 Å². The quantitative estimate of drug-likeness (QED) is 0.532. The molecule has 0 saturated carbocycles. The van der Waals surface area contributed by atoms with Crippen LogP contribution in [0.5, 0.6) is 5.75 Å². The Morgan fingerprint density at radius 1 is 0.862 bits per heavy atom. The SMILES string of the molecule is CCCOc1cccc(C(=O)Nc2ccc(NC(=O)c3ccccc3)c(Cl)c2)c1. The van der Waals surface area contributed by atoms with Crippen molar-refractivity contribution >= 4 is 34.8 Å². The molecule has 0 fully saturated rings. The molecular weight excluding hydrogens is 388 g/mol. The minimum atomic E-state index is -0.274. The van der Waals surface area contributed by atoms with Gasteiger partial charge in [-0.2, -0.15) is 0 Å². The van der Waals surface area contributed by atoms with Crippen LogP contribution in [0.3, 0.4) is 0 Å². The molecule has 5 nitrogen and oxygen atoms in total. The van der Waals surface area contributed by atoms with Gasteiger partial charge in [0.25, 0.3) is 11.8 Å². The van der Waals surface area contributed by atoms with Gasteiger partial charge in [0.1, 0.15) is 5.75 Å². The molecule has 0 saturated heterocycles. The highest BCUT2D eigenvalue weighted by atomic mass is 35.5. The van der Waals surface area contributed by atoms with E-state index in [0.717, 1.165) is 6.42 Å². The van der Waals surface area contributed by atoms with Gasteiger partial charge in [-0.05, 0) is 55.0 Å². The third-order valence-electron chi connectivity index (χ3n) is 4.08. The average Bonchev–Trinajstić information content (AvgIpc) is 2.75. The van der Waals surface area contributed by atoms with E-state index in [1.807, 2.05) is 19.1 Å². The first kappa shape index (κ1) is 20.4. The number of carbonyl (C=O) groups is 2. The lowest BCUT2D eigenvalue weighted by molar-refractivity contribution is 0.101. The number of hydrogen-bond acceptors (Lipinski definition) is 3. The van der Waals surface area contributed by atoms with Crippen LogP contribution in [0, 0.1) is 0 Å². The van der Waals surface area contributed by atoms with Crippen LogP contribution in [0.15, 0.2) is 72.8 Å². The molecule has 148 valence electrons. The third-order valence-corrected chi connectivity index (χ3v) is 4.39. The standard InChI is InChI=1S/C23H21ClN2O3/c1-2-13-29-19-10-6-9-17(14-19)23(28)25-18-11-12-21(20(24)15-18)26-22(27)16-7-4-3-5-8-16/h3-12,14-15H,2,13H2,1H3,(H,25,28)(H,26,27). The third kappa shape index (κ3) is 5.59. The molecule has 3 rings (SSSR count). The van der Waals surface area contributed by atoms with Crippen molar-refractivity contribution in [2.45, 2.75) is 13.3 Å². The van der Waals surface area contributed by atoms with Crippen LogP contribution in [0.4, 0.5) is 11.4 Å². The first-order valence-electron chi connectivity index (χ1n) is 9.27. The number of amides is 2. The maximum absolute atomic E-state index is 12.5. The number of benzene rings is 3. The van der Waals surface area contributed by atoms with Crippen LogP contribution in [0.1, 0.15) is 34.1 Å². The van der Waals surface area contributed by atoms with Crippen molar-refractivity contribution in [2.75, 3.05) is 17.2 Å². The maximum atomic E-state index is 12.5. The van der Waals surface area contributed by atoms with Crippen LogP contribution in [-0.4, -0.2) is 18.4 Å². The summed E-state index contributed by atoms with van der Waals surface area (Å²) in [6.07, 6.45) is 0.891. The Morgan fingerprint density at radius 2 is 1.59 bits per heavy atom. The van der Waals surface area contributed by atoms with E-state index in [4.69, 9.17) is 16.3 Å². The molecule has 0 bridgehead atoms. The van der Waals surface area contributed by atoms with E-state index in [2.05, 4.69) is 10.6 Å². The zero-order valence-corrected chi connectivity index (χ0v) is 16.7. The molecule has 0 unspecified atom stereocenters. The molecule has 0 radical (unpaired) electrons. The molecule has 3 aromatic carbocycles. The van der Waals surface area contributed by atoms with Gasteiger partial charge in [-0.25, -0.2) is 0 Å². The molecule has 0 atom stereocenters. The van der Waals surface area contributed by atoms with Crippen molar-refractivity contribution in [1.82, 2.24) is 0 Å². The average molecular weight is 409 g/mol. The normalized spacial score (nSPS) is 10.3. The molecule has 6 heteroatoms. The lowest BCUT2D eigenvalue weighted by Gasteiger charge is -2.11. The molecule has 29 heavy (non-hydrogen) atoms. The second-order valence-electron chi connectivity index (χ2n) is 6.35. The van der Waals surface area contributed by atoms with Gasteiger partial charge in [0.15, 0.2) is 0 Å². The fourth-order valence-electron chi connectivity index (χ4n) is 2.63. The van der Waals surface area contributed by atoms with Crippen LogP contribution in [0.2, 0.25) is 5.02 Å². The summed E-state index contributed by atoms with van der Waals surface area (Å²) in [4.78, 5) is 24.8. The van der Waals surface area contributed by atoms with Crippen LogP contribution < -0.4 is 15.4 Å². The Kier molecular flexibility index (Phi) is 6.87. The van der Waals surface area contributed by atoms with E-state index in [1.54, 1.807) is 60.7 Å². The zero-order chi connectivity index (χ0) is 20.6. The second-order valence-corrected chi connectivity index (χ2v) is 6.75. The van der Waals surface area contributed by atoms with E-state index < -0.39 is 0 Å². The van der Waals surface area contributed by atoms with E-state index >= 15 is 0 Å². The Hall–Kier alpha value is -3.31. The summed E-state index contributed by atoms with van der Waals surface area (Å²) in [5.74, 6) is 0.119. The largest absolute Gasteiger partial charge is 0.494 e. The second kappa shape index (κ2) is 9.75. The fraction of sp³-hybridized carbons (Fsp3) is 0.130. The predicted molar refractivity (Wildman–Crippen MR) is 116 cm³/mol. The molecule has 2 N–H and O–H groups in total. The van der Waals surface area contributed by atoms with Crippen molar-refractivity contribution in [3.05, 3.63) is 88.9 Å². The van der Waals surface area contributed by atoms with Gasteiger partial charge in [0, 0.05) is 16.8 Å².